The van der Waals surface area contributed by atoms with Crippen molar-refractivity contribution in [2.75, 3.05) is 0 Å². The van der Waals surface area contributed by atoms with Crippen molar-refractivity contribution in [2.24, 2.45) is 0 Å². The number of nitrogens with zero attached hydrogens (tertiary/aromatic N) is 5. The van der Waals surface area contributed by atoms with Crippen molar-refractivity contribution in [2.45, 2.75) is 64.7 Å². The van der Waals surface area contributed by atoms with Crippen LogP contribution in [0, 0.1) is 6.92 Å². The summed E-state index contributed by atoms with van der Waals surface area (Å²) in [4.78, 5) is 25.8. The Morgan fingerprint density at radius 1 is 0.301 bits per heavy atom. The van der Waals surface area contributed by atoms with Crippen molar-refractivity contribution in [1.82, 2.24) is 24.9 Å². The minimum absolute atomic E-state index is 0.148. The predicted octanol–water partition coefficient (Wildman–Crippen LogP) is 31.0. The molecule has 7 aromatic heterocycles. The Labute approximate surface area is 712 Å². The summed E-state index contributed by atoms with van der Waals surface area (Å²) in [6.45, 7) is 19.9. The van der Waals surface area contributed by atoms with Gasteiger partial charge in [0.2, 0.25) is 5.89 Å². The van der Waals surface area contributed by atoms with E-state index in [1.807, 2.05) is 55.5 Å². The number of thiophene rings is 1. The quantitative estimate of drug-likeness (QED) is 0.144. The van der Waals surface area contributed by atoms with Crippen molar-refractivity contribution in [1.29, 1.82) is 0 Å². The first kappa shape index (κ1) is 72.1. The third kappa shape index (κ3) is 11.0. The second-order valence-corrected chi connectivity index (χ2v) is 35.5. The summed E-state index contributed by atoms with van der Waals surface area (Å²) in [5.74, 6) is 3.00. The van der Waals surface area contributed by atoms with Gasteiger partial charge in [-0.1, -0.05) is 285 Å². The van der Waals surface area contributed by atoms with Crippen LogP contribution in [0.2, 0.25) is 0 Å². The molecule has 0 fully saturated rings. The maximum Gasteiger partial charge on any atom is 0.227 e. The lowest BCUT2D eigenvalue weighted by Crippen LogP contribution is -2.16. The van der Waals surface area contributed by atoms with Crippen molar-refractivity contribution < 1.29 is 17.7 Å². The Morgan fingerprint density at radius 3 is 1.65 bits per heavy atom. The number of furan rings is 3. The minimum Gasteiger partial charge on any atom is -0.461 e. The number of aryl methyl sites for hydroxylation is 1. The number of aromatic nitrogens is 5. The molecular weight excluding hydrogens is 1520 g/mol. The normalized spacial score (nSPS) is 13.7. The van der Waals surface area contributed by atoms with E-state index in [2.05, 4.69) is 327 Å². The van der Waals surface area contributed by atoms with Crippen molar-refractivity contribution in [3.8, 4) is 101 Å². The molecule has 7 heterocycles. The van der Waals surface area contributed by atoms with Crippen LogP contribution in [0.4, 0.5) is 0 Å². The van der Waals surface area contributed by atoms with Crippen LogP contribution >= 0.6 is 11.3 Å². The summed E-state index contributed by atoms with van der Waals surface area (Å²) >= 11 is 1.76. The average molecular weight is 1600 g/mol. The molecule has 3 aliphatic carbocycles. The van der Waals surface area contributed by atoms with E-state index in [0.717, 1.165) is 154 Å². The Bertz CT molecular complexity index is 8440. The van der Waals surface area contributed by atoms with Gasteiger partial charge >= 0.3 is 0 Å². The van der Waals surface area contributed by atoms with E-state index in [1.165, 1.54) is 98.6 Å². The lowest BCUT2D eigenvalue weighted by molar-refractivity contribution is 0.577. The fourth-order valence-corrected chi connectivity index (χ4v) is 21.6. The Hall–Kier alpha value is -15.0. The first-order valence-electron chi connectivity index (χ1n) is 42.0. The molecular formula is C113H77N5O4S. The number of rotatable bonds is 7. The average Bonchev–Trinajstić information content (AvgIpc) is 1.56. The molecule has 0 spiro atoms. The van der Waals surface area contributed by atoms with Gasteiger partial charge in [-0.15, -0.1) is 11.3 Å². The highest BCUT2D eigenvalue weighted by atomic mass is 32.1. The highest BCUT2D eigenvalue weighted by molar-refractivity contribution is 7.26. The lowest BCUT2D eigenvalue weighted by atomic mass is 9.78. The summed E-state index contributed by atoms with van der Waals surface area (Å²) in [6.07, 6.45) is 1.90. The Balaban J connectivity index is 0.000000106. The maximum absolute atomic E-state index is 6.78. The topological polar surface area (TPSA) is 117 Å². The van der Waals surface area contributed by atoms with Gasteiger partial charge in [-0.25, -0.2) is 24.9 Å². The second kappa shape index (κ2) is 27.0. The van der Waals surface area contributed by atoms with E-state index in [-0.39, 0.29) is 16.2 Å². The van der Waals surface area contributed by atoms with Crippen LogP contribution in [0.5, 0.6) is 0 Å². The molecule has 0 N–H and O–H groups in total. The molecule has 0 saturated heterocycles. The van der Waals surface area contributed by atoms with Gasteiger partial charge < -0.3 is 17.7 Å². The van der Waals surface area contributed by atoms with Crippen LogP contribution in [-0.2, 0) is 16.2 Å². The summed E-state index contributed by atoms with van der Waals surface area (Å²) < 4.78 is 27.6. The number of hydrogen-bond donors (Lipinski definition) is 0. The maximum atomic E-state index is 6.78. The van der Waals surface area contributed by atoms with E-state index in [9.17, 15) is 0 Å². The SMILES string of the molecule is C=Cc1c(C)oc2cc3c(cc12)C(C)(C)c1c(-c2cccc(-c4nc(-c5ccccc5)c5ccc6ccccc6c5n4)c2)cccc1-3.CC1(C)c2cc3c(cc2-c2cccc(-c4nc5ccccc5o4)c21)oc1ccccc13.CC1(C)c2ccccc2-c2ccc3c(oc4cc(-c5nc(-c6ccc7ccccc7c6)c6sc7ccccc7c6n5)ccc43)c21. The number of fused-ring (bicyclic) bond motifs is 25. The van der Waals surface area contributed by atoms with Gasteiger partial charge in [0, 0.05) is 103 Å². The van der Waals surface area contributed by atoms with E-state index in [0.29, 0.717) is 11.7 Å². The summed E-state index contributed by atoms with van der Waals surface area (Å²) in [6, 6.07) is 113. The van der Waals surface area contributed by atoms with Crippen molar-refractivity contribution >= 4 is 136 Å². The molecule has 0 aliphatic heterocycles. The molecule has 23 aromatic rings. The summed E-state index contributed by atoms with van der Waals surface area (Å²) in [5, 5.41) is 12.6. The van der Waals surface area contributed by atoms with Gasteiger partial charge in [-0.2, -0.15) is 0 Å². The molecule has 10 heteroatoms. The number of para-hydroxylation sites is 3. The third-order valence-corrected chi connectivity index (χ3v) is 27.5. The van der Waals surface area contributed by atoms with Gasteiger partial charge in [0.15, 0.2) is 17.2 Å². The van der Waals surface area contributed by atoms with Crippen LogP contribution in [0.15, 0.2) is 346 Å². The molecule has 26 rings (SSSR count). The fourth-order valence-electron chi connectivity index (χ4n) is 20.5. The summed E-state index contributed by atoms with van der Waals surface area (Å²) in [5.41, 5.74) is 33.5. The predicted molar refractivity (Wildman–Crippen MR) is 508 cm³/mol. The Kier molecular flexibility index (Phi) is 15.8. The van der Waals surface area contributed by atoms with Crippen LogP contribution in [-0.4, -0.2) is 24.9 Å². The zero-order valence-electron chi connectivity index (χ0n) is 68.7. The number of oxazole rings is 1. The zero-order chi connectivity index (χ0) is 82.5. The molecule has 123 heavy (non-hydrogen) atoms. The van der Waals surface area contributed by atoms with Gasteiger partial charge in [0.1, 0.15) is 39.2 Å². The molecule has 16 aromatic carbocycles. The van der Waals surface area contributed by atoms with Gasteiger partial charge in [-0.05, 0) is 186 Å². The van der Waals surface area contributed by atoms with Crippen LogP contribution in [0.25, 0.3) is 226 Å². The molecule has 0 radical (unpaired) electrons. The number of benzene rings is 16. The standard InChI is InChI=1S/C44H32N2O.C41H26N2OS.C28H19NO2/c1-5-31-26(2)47-39-25-36-34-20-12-19-32(40(34)44(3,4)38(36)24-37(31)39)29-16-11-17-30(23-29)43-45-41(28-14-7-6-8-15-28)35-22-21-27-13-9-10-18-33(27)42(35)46-43;1-41(2)32-13-7-5-11-27(32)29-19-20-30-28-18-17-26(22-33(28)44-38(30)35(29)41)40-42-36(25-16-15-23-9-3-4-10-24(23)21-25)39-37(43-40)31-12-6-8-14-34(31)45-39;1-28(2)21-14-20-16-8-3-5-12-23(16)30-25(20)15-19(21)17-9-7-10-18(26(17)28)27-29-22-11-4-6-13-24(22)31-27/h5-25H,1H2,2-4H3;3-22H,1-2H3;3-15H,1-2H3. The molecule has 3 aliphatic rings. The zero-order valence-corrected chi connectivity index (χ0v) is 69.5. The van der Waals surface area contributed by atoms with Gasteiger partial charge in [0.05, 0.1) is 27.1 Å². The van der Waals surface area contributed by atoms with Crippen molar-refractivity contribution in [3.05, 3.63) is 373 Å². The molecule has 0 unspecified atom stereocenters. The second-order valence-electron chi connectivity index (χ2n) is 34.5. The highest BCUT2D eigenvalue weighted by Crippen LogP contribution is 2.58. The van der Waals surface area contributed by atoms with Gasteiger partial charge in [0.25, 0.3) is 0 Å². The highest BCUT2D eigenvalue weighted by Gasteiger charge is 2.42. The number of hydrogen-bond acceptors (Lipinski definition) is 10. The largest absolute Gasteiger partial charge is 0.461 e. The van der Waals surface area contributed by atoms with E-state index in [1.54, 1.807) is 11.3 Å². The van der Waals surface area contributed by atoms with Crippen LogP contribution < -0.4 is 0 Å². The molecule has 0 bridgehead atoms. The molecule has 9 nitrogen and oxygen atoms in total. The first-order valence-corrected chi connectivity index (χ1v) is 42.8. The Morgan fingerprint density at radius 2 is 0.854 bits per heavy atom. The van der Waals surface area contributed by atoms with Gasteiger partial charge in [-0.3, -0.25) is 0 Å². The van der Waals surface area contributed by atoms with E-state index < -0.39 is 0 Å². The van der Waals surface area contributed by atoms with Crippen LogP contribution in [0.3, 0.4) is 0 Å². The molecule has 0 amide bonds. The monoisotopic (exact) mass is 1600 g/mol. The van der Waals surface area contributed by atoms with E-state index in [4.69, 9.17) is 42.6 Å². The fraction of sp³-hybridized carbons (Fsp3) is 0.0885. The van der Waals surface area contributed by atoms with Crippen molar-refractivity contribution in [3.63, 3.8) is 0 Å². The first-order chi connectivity index (χ1) is 60.1. The molecule has 584 valence electrons. The molecule has 0 saturated carbocycles. The summed E-state index contributed by atoms with van der Waals surface area (Å²) in [7, 11) is 0. The van der Waals surface area contributed by atoms with E-state index >= 15 is 0 Å². The lowest BCUT2D eigenvalue weighted by Gasteiger charge is -2.25. The van der Waals surface area contributed by atoms with Crippen LogP contribution in [0.1, 0.15) is 86.2 Å². The smallest absolute Gasteiger partial charge is 0.227 e. The molecule has 0 atom stereocenters. The minimum atomic E-state index is -0.214. The third-order valence-electron chi connectivity index (χ3n) is 26.3.